The van der Waals surface area contributed by atoms with E-state index < -0.39 is 0 Å². The van der Waals surface area contributed by atoms with Gasteiger partial charge < -0.3 is 9.52 Å². The van der Waals surface area contributed by atoms with E-state index in [2.05, 4.69) is 4.98 Å². The van der Waals surface area contributed by atoms with Gasteiger partial charge in [0.15, 0.2) is 0 Å². The Kier molecular flexibility index (Phi) is 1.77. The van der Waals surface area contributed by atoms with Crippen LogP contribution in [0.15, 0.2) is 34.9 Å². The number of hydrogen-bond acceptors (Lipinski definition) is 3. The number of hydrogen-bond donors (Lipinski definition) is 1. The number of aryl methyl sites for hydroxylation is 1. The van der Waals surface area contributed by atoms with Crippen LogP contribution in [0.4, 0.5) is 0 Å². The fraction of sp³-hybridized carbons (Fsp3) is 0.100. The van der Waals surface area contributed by atoms with Crippen LogP contribution in [-0.2, 0) is 0 Å². The van der Waals surface area contributed by atoms with Gasteiger partial charge in [0.25, 0.3) is 0 Å². The van der Waals surface area contributed by atoms with Crippen molar-refractivity contribution < 1.29 is 9.52 Å². The molecule has 3 heteroatoms. The molecule has 0 amide bonds. The summed E-state index contributed by atoms with van der Waals surface area (Å²) in [4.78, 5) is 4.05. The third-order valence-electron chi connectivity index (χ3n) is 1.71. The molecule has 13 heavy (non-hydrogen) atoms. The molecule has 0 aliphatic carbocycles. The number of aromatic hydroxyl groups is 1. The van der Waals surface area contributed by atoms with E-state index >= 15 is 0 Å². The summed E-state index contributed by atoms with van der Waals surface area (Å²) in [6.07, 6.45) is 1.65. The Morgan fingerprint density at radius 1 is 1.38 bits per heavy atom. The van der Waals surface area contributed by atoms with Crippen molar-refractivity contribution in [3.8, 4) is 17.2 Å². The quantitative estimate of drug-likeness (QED) is 0.723. The van der Waals surface area contributed by atoms with Gasteiger partial charge in [-0.25, -0.2) is 4.98 Å². The molecule has 0 saturated carbocycles. The summed E-state index contributed by atoms with van der Waals surface area (Å²) in [6.45, 7) is 1.83. The van der Waals surface area contributed by atoms with E-state index in [0.29, 0.717) is 5.89 Å². The minimum atomic E-state index is 0.216. The molecular formula is C10H9NO2. The van der Waals surface area contributed by atoms with Crippen LogP contribution in [0, 0.1) is 6.92 Å². The summed E-state index contributed by atoms with van der Waals surface area (Å²) < 4.78 is 5.30. The molecule has 1 aromatic carbocycles. The van der Waals surface area contributed by atoms with Gasteiger partial charge in [-0.2, -0.15) is 0 Å². The number of oxazole rings is 1. The van der Waals surface area contributed by atoms with Gasteiger partial charge in [-0.1, -0.05) is 6.07 Å². The number of aromatic nitrogens is 1. The van der Waals surface area contributed by atoms with Crippen LogP contribution in [0.25, 0.3) is 11.5 Å². The Morgan fingerprint density at radius 2 is 2.23 bits per heavy atom. The molecule has 1 N–H and O–H groups in total. The lowest BCUT2D eigenvalue weighted by molar-refractivity contribution is 0.474. The van der Waals surface area contributed by atoms with Crippen molar-refractivity contribution in [1.29, 1.82) is 0 Å². The van der Waals surface area contributed by atoms with Gasteiger partial charge in [-0.15, -0.1) is 0 Å². The lowest BCUT2D eigenvalue weighted by atomic mass is 10.2. The summed E-state index contributed by atoms with van der Waals surface area (Å²) in [5, 5.41) is 9.21. The predicted molar refractivity (Wildman–Crippen MR) is 48.3 cm³/mol. The zero-order chi connectivity index (χ0) is 9.26. The van der Waals surface area contributed by atoms with Gasteiger partial charge in [0.1, 0.15) is 11.5 Å². The van der Waals surface area contributed by atoms with E-state index in [0.717, 1.165) is 11.3 Å². The maximum Gasteiger partial charge on any atom is 0.226 e. The minimum absolute atomic E-state index is 0.216. The molecule has 0 atom stereocenters. The van der Waals surface area contributed by atoms with Crippen LogP contribution in [0.5, 0.6) is 5.75 Å². The van der Waals surface area contributed by atoms with Crippen molar-refractivity contribution in [3.05, 3.63) is 36.2 Å². The molecular weight excluding hydrogens is 166 g/mol. The lowest BCUT2D eigenvalue weighted by Gasteiger charge is -1.95. The predicted octanol–water partition coefficient (Wildman–Crippen LogP) is 2.36. The van der Waals surface area contributed by atoms with Crippen molar-refractivity contribution in [2.75, 3.05) is 0 Å². The average molecular weight is 175 g/mol. The Balaban J connectivity index is 2.46. The number of phenolic OH excluding ortho intramolecular Hbond substituents is 1. The van der Waals surface area contributed by atoms with E-state index in [1.165, 1.54) is 0 Å². The van der Waals surface area contributed by atoms with Gasteiger partial charge in [0.05, 0.1) is 6.20 Å². The van der Waals surface area contributed by atoms with Crippen LogP contribution in [0.1, 0.15) is 5.76 Å². The van der Waals surface area contributed by atoms with E-state index in [-0.39, 0.29) is 5.75 Å². The van der Waals surface area contributed by atoms with Gasteiger partial charge in [-0.3, -0.25) is 0 Å². The zero-order valence-corrected chi connectivity index (χ0v) is 7.19. The first-order valence-electron chi connectivity index (χ1n) is 3.97. The van der Waals surface area contributed by atoms with Crippen LogP contribution in [-0.4, -0.2) is 10.1 Å². The van der Waals surface area contributed by atoms with Gasteiger partial charge in [-0.05, 0) is 25.1 Å². The van der Waals surface area contributed by atoms with E-state index in [9.17, 15) is 5.11 Å². The van der Waals surface area contributed by atoms with Crippen LogP contribution in [0.3, 0.4) is 0 Å². The summed E-state index contributed by atoms with van der Waals surface area (Å²) in [6, 6.07) is 6.82. The van der Waals surface area contributed by atoms with Crippen LogP contribution in [0.2, 0.25) is 0 Å². The molecule has 3 nitrogen and oxygen atoms in total. The zero-order valence-electron chi connectivity index (χ0n) is 7.19. The van der Waals surface area contributed by atoms with Crippen molar-refractivity contribution in [1.82, 2.24) is 4.98 Å². The fourth-order valence-electron chi connectivity index (χ4n) is 1.13. The summed E-state index contributed by atoms with van der Waals surface area (Å²) >= 11 is 0. The minimum Gasteiger partial charge on any atom is -0.508 e. The Morgan fingerprint density at radius 3 is 2.85 bits per heavy atom. The Hall–Kier alpha value is -1.77. The van der Waals surface area contributed by atoms with Gasteiger partial charge >= 0.3 is 0 Å². The molecule has 1 heterocycles. The molecule has 0 fully saturated rings. The highest BCUT2D eigenvalue weighted by Crippen LogP contribution is 2.22. The number of benzene rings is 1. The summed E-state index contributed by atoms with van der Waals surface area (Å²) in [7, 11) is 0. The number of nitrogens with zero attached hydrogens (tertiary/aromatic N) is 1. The highest BCUT2D eigenvalue weighted by atomic mass is 16.4. The first-order valence-corrected chi connectivity index (χ1v) is 3.97. The largest absolute Gasteiger partial charge is 0.508 e. The molecule has 66 valence electrons. The fourth-order valence-corrected chi connectivity index (χ4v) is 1.13. The molecule has 0 bridgehead atoms. The molecule has 0 aliphatic heterocycles. The molecule has 0 aliphatic rings. The van der Waals surface area contributed by atoms with Gasteiger partial charge in [0.2, 0.25) is 5.89 Å². The van der Waals surface area contributed by atoms with Crippen LogP contribution < -0.4 is 0 Å². The second kappa shape index (κ2) is 2.94. The number of phenols is 1. The SMILES string of the molecule is Cc1cnc(-c2cccc(O)c2)o1. The topological polar surface area (TPSA) is 46.3 Å². The van der Waals surface area contributed by atoms with Gasteiger partial charge in [0, 0.05) is 5.56 Å². The summed E-state index contributed by atoms with van der Waals surface area (Å²) in [5.41, 5.74) is 0.785. The smallest absolute Gasteiger partial charge is 0.226 e. The van der Waals surface area contributed by atoms with Crippen LogP contribution >= 0.6 is 0 Å². The van der Waals surface area contributed by atoms with Crippen molar-refractivity contribution >= 4 is 0 Å². The molecule has 2 rings (SSSR count). The molecule has 2 aromatic rings. The van der Waals surface area contributed by atoms with Crippen molar-refractivity contribution in [2.45, 2.75) is 6.92 Å². The monoisotopic (exact) mass is 175 g/mol. The first kappa shape index (κ1) is 7.86. The van der Waals surface area contributed by atoms with E-state index in [1.807, 2.05) is 13.0 Å². The van der Waals surface area contributed by atoms with E-state index in [1.54, 1.807) is 24.4 Å². The second-order valence-corrected chi connectivity index (χ2v) is 2.83. The molecule has 0 unspecified atom stereocenters. The third-order valence-corrected chi connectivity index (χ3v) is 1.71. The van der Waals surface area contributed by atoms with E-state index in [4.69, 9.17) is 4.42 Å². The highest BCUT2D eigenvalue weighted by Gasteiger charge is 2.03. The third kappa shape index (κ3) is 1.54. The molecule has 0 radical (unpaired) electrons. The second-order valence-electron chi connectivity index (χ2n) is 2.83. The van der Waals surface area contributed by atoms with Crippen molar-refractivity contribution in [3.63, 3.8) is 0 Å². The number of rotatable bonds is 1. The Bertz CT molecular complexity index is 420. The first-order chi connectivity index (χ1) is 6.25. The highest BCUT2D eigenvalue weighted by molar-refractivity contribution is 5.55. The maximum absolute atomic E-state index is 9.21. The molecule has 1 aromatic heterocycles. The average Bonchev–Trinajstić information content (AvgIpc) is 2.52. The summed E-state index contributed by atoms with van der Waals surface area (Å²) in [5.74, 6) is 1.51. The molecule has 0 spiro atoms. The standard InChI is InChI=1S/C10H9NO2/c1-7-6-11-10(13-7)8-3-2-4-9(12)5-8/h2-6,12H,1H3. The maximum atomic E-state index is 9.21. The van der Waals surface area contributed by atoms with Crippen molar-refractivity contribution in [2.24, 2.45) is 0 Å². The Labute approximate surface area is 75.7 Å². The normalized spacial score (nSPS) is 10.2. The molecule has 0 saturated heterocycles. The lowest BCUT2D eigenvalue weighted by Crippen LogP contribution is -1.75.